The van der Waals surface area contributed by atoms with Crippen LogP contribution in [0.2, 0.25) is 0 Å². The average molecular weight is 384 g/mol. The van der Waals surface area contributed by atoms with E-state index in [1.807, 2.05) is 36.4 Å². The Morgan fingerprint density at radius 1 is 0.821 bits per heavy atom. The van der Waals surface area contributed by atoms with Crippen LogP contribution in [0, 0.1) is 0 Å². The van der Waals surface area contributed by atoms with Crippen molar-refractivity contribution in [1.82, 2.24) is 0 Å². The van der Waals surface area contributed by atoms with E-state index in [2.05, 4.69) is 13.2 Å². The summed E-state index contributed by atoms with van der Waals surface area (Å²) < 4.78 is 21.5. The van der Waals surface area contributed by atoms with Gasteiger partial charge in [0.25, 0.3) is 0 Å². The predicted molar refractivity (Wildman–Crippen MR) is 106 cm³/mol. The van der Waals surface area contributed by atoms with Gasteiger partial charge in [-0.1, -0.05) is 25.3 Å². The average Bonchev–Trinajstić information content (AvgIpc) is 2.70. The van der Waals surface area contributed by atoms with Crippen LogP contribution >= 0.6 is 0 Å². The molecule has 0 aromatic heterocycles. The Hall–Kier alpha value is -3.28. The van der Waals surface area contributed by atoms with Gasteiger partial charge in [-0.25, -0.2) is 9.59 Å². The number of hydrogen-bond acceptors (Lipinski definition) is 6. The molecule has 0 aliphatic rings. The first-order valence-corrected chi connectivity index (χ1v) is 8.86. The van der Waals surface area contributed by atoms with E-state index >= 15 is 0 Å². The van der Waals surface area contributed by atoms with Crippen LogP contribution in [-0.4, -0.2) is 37.4 Å². The molecule has 0 aliphatic carbocycles. The van der Waals surface area contributed by atoms with Crippen molar-refractivity contribution in [3.05, 3.63) is 61.7 Å². The van der Waals surface area contributed by atoms with Crippen molar-refractivity contribution in [2.24, 2.45) is 0 Å². The lowest BCUT2D eigenvalue weighted by atomic mass is 10.1. The Morgan fingerprint density at radius 3 is 1.57 bits per heavy atom. The lowest BCUT2D eigenvalue weighted by molar-refractivity contribution is -0.144. The van der Waals surface area contributed by atoms with Crippen LogP contribution in [0.5, 0.6) is 11.5 Å². The van der Waals surface area contributed by atoms with Crippen molar-refractivity contribution in [3.8, 4) is 11.5 Å². The fourth-order valence-corrected chi connectivity index (χ4v) is 2.37. The quantitative estimate of drug-likeness (QED) is 0.458. The van der Waals surface area contributed by atoms with Crippen LogP contribution in [-0.2, 0) is 19.1 Å². The first-order chi connectivity index (χ1) is 13.4. The van der Waals surface area contributed by atoms with Crippen molar-refractivity contribution in [2.75, 3.05) is 13.2 Å². The standard InChI is InChI=1S/C22H24O6/c1-5-21(23)27-15(3)13-25-19-9-7-18-12-20(10-8-17(18)11-19)26-14-16(4)28-22(24)6-2/h5-12,15-16H,1-2,13-14H2,3-4H3. The Bertz CT molecular complexity index is 786. The van der Waals surface area contributed by atoms with E-state index in [0.717, 1.165) is 22.9 Å². The fraction of sp³-hybridized carbons (Fsp3) is 0.273. The minimum absolute atomic E-state index is 0.244. The van der Waals surface area contributed by atoms with E-state index < -0.39 is 11.9 Å². The Kier molecular flexibility index (Phi) is 7.63. The number of benzene rings is 2. The molecule has 148 valence electrons. The van der Waals surface area contributed by atoms with Gasteiger partial charge in [0.2, 0.25) is 0 Å². The maximum absolute atomic E-state index is 11.2. The molecular formula is C22H24O6. The zero-order chi connectivity index (χ0) is 20.5. The number of esters is 2. The first-order valence-electron chi connectivity index (χ1n) is 8.86. The summed E-state index contributed by atoms with van der Waals surface area (Å²) in [5.41, 5.74) is 0. The van der Waals surface area contributed by atoms with E-state index in [0.29, 0.717) is 11.5 Å². The number of ether oxygens (including phenoxy) is 4. The highest BCUT2D eigenvalue weighted by Crippen LogP contribution is 2.25. The SMILES string of the molecule is C=CC(=O)OC(C)COc1ccc2cc(OCC(C)OC(=O)C=C)ccc2c1. The molecule has 2 aromatic rings. The third kappa shape index (κ3) is 6.46. The van der Waals surface area contributed by atoms with Crippen LogP contribution in [0.3, 0.4) is 0 Å². The van der Waals surface area contributed by atoms with Crippen LogP contribution in [0.15, 0.2) is 61.7 Å². The molecule has 0 heterocycles. The summed E-state index contributed by atoms with van der Waals surface area (Å²) in [7, 11) is 0. The summed E-state index contributed by atoms with van der Waals surface area (Å²) >= 11 is 0. The van der Waals surface area contributed by atoms with Gasteiger partial charge in [0, 0.05) is 12.2 Å². The van der Waals surface area contributed by atoms with E-state index in [-0.39, 0.29) is 25.4 Å². The molecule has 0 aliphatic heterocycles. The van der Waals surface area contributed by atoms with Gasteiger partial charge in [0.1, 0.15) is 36.9 Å². The van der Waals surface area contributed by atoms with Crippen molar-refractivity contribution < 1.29 is 28.5 Å². The summed E-state index contributed by atoms with van der Waals surface area (Å²) in [6.45, 7) is 10.7. The molecule has 0 N–H and O–H groups in total. The summed E-state index contributed by atoms with van der Waals surface area (Å²) in [4.78, 5) is 22.3. The van der Waals surface area contributed by atoms with Gasteiger partial charge in [-0.05, 0) is 48.9 Å². The monoisotopic (exact) mass is 384 g/mol. The smallest absolute Gasteiger partial charge is 0.330 e. The number of carbonyl (C=O) groups is 2. The van der Waals surface area contributed by atoms with Gasteiger partial charge in [-0.3, -0.25) is 0 Å². The minimum Gasteiger partial charge on any atom is -0.490 e. The molecule has 6 heteroatoms. The number of fused-ring (bicyclic) bond motifs is 1. The molecule has 2 atom stereocenters. The second kappa shape index (κ2) is 10.2. The van der Waals surface area contributed by atoms with E-state index in [9.17, 15) is 9.59 Å². The molecule has 2 rings (SSSR count). The molecule has 6 nitrogen and oxygen atoms in total. The molecule has 0 saturated carbocycles. The zero-order valence-electron chi connectivity index (χ0n) is 16.1. The molecule has 28 heavy (non-hydrogen) atoms. The maximum atomic E-state index is 11.2. The first kappa shape index (κ1) is 21.0. The molecule has 2 aromatic carbocycles. The molecular weight excluding hydrogens is 360 g/mol. The third-order valence-electron chi connectivity index (χ3n) is 3.72. The van der Waals surface area contributed by atoms with Crippen molar-refractivity contribution in [2.45, 2.75) is 26.1 Å². The van der Waals surface area contributed by atoms with E-state index in [1.165, 1.54) is 0 Å². The Labute approximate surface area is 164 Å². The molecule has 0 spiro atoms. The van der Waals surface area contributed by atoms with Gasteiger partial charge in [-0.15, -0.1) is 0 Å². The topological polar surface area (TPSA) is 71.1 Å². The van der Waals surface area contributed by atoms with Gasteiger partial charge < -0.3 is 18.9 Å². The van der Waals surface area contributed by atoms with Gasteiger partial charge in [0.05, 0.1) is 0 Å². The van der Waals surface area contributed by atoms with Gasteiger partial charge in [0.15, 0.2) is 0 Å². The second-order valence-corrected chi connectivity index (χ2v) is 6.20. The maximum Gasteiger partial charge on any atom is 0.330 e. The lowest BCUT2D eigenvalue weighted by Crippen LogP contribution is -2.20. The number of hydrogen-bond donors (Lipinski definition) is 0. The summed E-state index contributed by atoms with van der Waals surface area (Å²) in [5.74, 6) is 0.395. The Morgan fingerprint density at radius 2 is 1.21 bits per heavy atom. The molecule has 0 bridgehead atoms. The summed E-state index contributed by atoms with van der Waals surface area (Å²) in [5, 5.41) is 1.96. The molecule has 0 fully saturated rings. The highest BCUT2D eigenvalue weighted by Gasteiger charge is 2.09. The Balaban J connectivity index is 1.94. The number of carbonyl (C=O) groups excluding carboxylic acids is 2. The highest BCUT2D eigenvalue weighted by molar-refractivity contribution is 5.85. The minimum atomic E-state index is -0.476. The molecule has 0 radical (unpaired) electrons. The van der Waals surface area contributed by atoms with Gasteiger partial charge in [-0.2, -0.15) is 0 Å². The molecule has 2 unspecified atom stereocenters. The summed E-state index contributed by atoms with van der Waals surface area (Å²) in [6, 6.07) is 11.3. The third-order valence-corrected chi connectivity index (χ3v) is 3.72. The van der Waals surface area contributed by atoms with Crippen LogP contribution in [0.1, 0.15) is 13.8 Å². The highest BCUT2D eigenvalue weighted by atomic mass is 16.6. The normalized spacial score (nSPS) is 12.5. The van der Waals surface area contributed by atoms with Gasteiger partial charge >= 0.3 is 11.9 Å². The van der Waals surface area contributed by atoms with Crippen LogP contribution in [0.25, 0.3) is 10.8 Å². The fourth-order valence-electron chi connectivity index (χ4n) is 2.37. The van der Waals surface area contributed by atoms with Crippen LogP contribution < -0.4 is 9.47 Å². The van der Waals surface area contributed by atoms with Crippen molar-refractivity contribution in [3.63, 3.8) is 0 Å². The lowest BCUT2D eigenvalue weighted by Gasteiger charge is -2.15. The number of rotatable bonds is 10. The largest absolute Gasteiger partial charge is 0.490 e. The van der Waals surface area contributed by atoms with E-state index in [4.69, 9.17) is 18.9 Å². The molecule has 0 saturated heterocycles. The van der Waals surface area contributed by atoms with Crippen molar-refractivity contribution >= 4 is 22.7 Å². The van der Waals surface area contributed by atoms with Crippen molar-refractivity contribution in [1.29, 1.82) is 0 Å². The van der Waals surface area contributed by atoms with Crippen LogP contribution in [0.4, 0.5) is 0 Å². The second-order valence-electron chi connectivity index (χ2n) is 6.20. The predicted octanol–water partition coefficient (Wildman–Crippen LogP) is 3.83. The summed E-state index contributed by atoms with van der Waals surface area (Å²) in [6.07, 6.45) is 1.48. The molecule has 0 amide bonds. The van der Waals surface area contributed by atoms with E-state index in [1.54, 1.807) is 13.8 Å². The zero-order valence-corrected chi connectivity index (χ0v) is 16.1.